The number of benzene rings is 2. The van der Waals surface area contributed by atoms with E-state index in [0.717, 1.165) is 23.5 Å². The molecule has 1 heterocycles. The molecule has 1 N–H and O–H groups in total. The molecule has 0 spiro atoms. The Hall–Kier alpha value is -2.81. The number of ether oxygens (including phenoxy) is 1. The molecule has 1 aromatic heterocycles. The van der Waals surface area contributed by atoms with E-state index in [1.165, 1.54) is 5.56 Å². The molecule has 2 aromatic carbocycles. The van der Waals surface area contributed by atoms with Gasteiger partial charge in [-0.15, -0.1) is 0 Å². The summed E-state index contributed by atoms with van der Waals surface area (Å²) >= 11 is 0. The monoisotopic (exact) mass is 290 g/mol. The lowest BCUT2D eigenvalue weighted by Crippen LogP contribution is -2.00. The van der Waals surface area contributed by atoms with Crippen molar-refractivity contribution in [1.29, 1.82) is 0 Å². The number of aromatic nitrogens is 1. The Morgan fingerprint density at radius 2 is 1.45 bits per heavy atom. The summed E-state index contributed by atoms with van der Waals surface area (Å²) < 4.78 is 5.74. The molecule has 0 bridgehead atoms. The molecule has 0 aliphatic heterocycles. The summed E-state index contributed by atoms with van der Waals surface area (Å²) in [6.45, 7) is 1.38. The number of hydrogen-bond donors (Lipinski definition) is 1. The van der Waals surface area contributed by atoms with Crippen LogP contribution in [0.1, 0.15) is 11.1 Å². The van der Waals surface area contributed by atoms with Gasteiger partial charge in [0.2, 0.25) is 0 Å². The predicted molar refractivity (Wildman–Crippen MR) is 88.8 cm³/mol. The van der Waals surface area contributed by atoms with Crippen LogP contribution < -0.4 is 10.1 Å². The summed E-state index contributed by atoms with van der Waals surface area (Å²) in [5, 5.41) is 3.37. The molecule has 0 atom stereocenters. The number of anilines is 1. The molecule has 3 nitrogen and oxygen atoms in total. The van der Waals surface area contributed by atoms with Crippen LogP contribution in [-0.4, -0.2) is 4.98 Å². The van der Waals surface area contributed by atoms with E-state index in [4.69, 9.17) is 4.74 Å². The molecule has 0 fully saturated rings. The summed E-state index contributed by atoms with van der Waals surface area (Å²) in [5.74, 6) is 0.894. The highest BCUT2D eigenvalue weighted by Crippen LogP contribution is 2.13. The minimum Gasteiger partial charge on any atom is -0.489 e. The van der Waals surface area contributed by atoms with Crippen molar-refractivity contribution >= 4 is 5.69 Å². The fraction of sp³-hybridized carbons (Fsp3) is 0.105. The molecule has 0 unspecified atom stereocenters. The van der Waals surface area contributed by atoms with Crippen LogP contribution in [0.5, 0.6) is 5.75 Å². The molecule has 3 heteroatoms. The van der Waals surface area contributed by atoms with Crippen LogP contribution in [0.2, 0.25) is 0 Å². The van der Waals surface area contributed by atoms with Gasteiger partial charge in [-0.3, -0.25) is 4.98 Å². The van der Waals surface area contributed by atoms with E-state index >= 15 is 0 Å². The van der Waals surface area contributed by atoms with E-state index < -0.39 is 0 Å². The minimum atomic E-state index is 0.585. The predicted octanol–water partition coefficient (Wildman–Crippen LogP) is 4.27. The second-order valence-electron chi connectivity index (χ2n) is 5.01. The molecule has 0 saturated carbocycles. The average Bonchev–Trinajstić information content (AvgIpc) is 2.61. The first-order valence-corrected chi connectivity index (χ1v) is 7.30. The maximum atomic E-state index is 5.74. The largest absolute Gasteiger partial charge is 0.489 e. The Kier molecular flexibility index (Phi) is 4.67. The summed E-state index contributed by atoms with van der Waals surface area (Å²) in [7, 11) is 0. The molecule has 0 amide bonds. The number of nitrogens with one attached hydrogen (secondary N) is 1. The first-order chi connectivity index (χ1) is 10.9. The molecule has 3 aromatic rings. The van der Waals surface area contributed by atoms with Gasteiger partial charge in [0.05, 0.1) is 0 Å². The lowest BCUT2D eigenvalue weighted by molar-refractivity contribution is 0.306. The Labute approximate surface area is 130 Å². The van der Waals surface area contributed by atoms with E-state index in [9.17, 15) is 0 Å². The summed E-state index contributed by atoms with van der Waals surface area (Å²) in [6, 6.07) is 22.2. The maximum Gasteiger partial charge on any atom is 0.119 e. The van der Waals surface area contributed by atoms with E-state index in [2.05, 4.69) is 34.6 Å². The average molecular weight is 290 g/mol. The molecule has 0 radical (unpaired) electrons. The minimum absolute atomic E-state index is 0.585. The van der Waals surface area contributed by atoms with E-state index in [0.29, 0.717) is 6.61 Å². The normalized spacial score (nSPS) is 10.2. The van der Waals surface area contributed by atoms with Gasteiger partial charge in [0.25, 0.3) is 0 Å². The fourth-order valence-electron chi connectivity index (χ4n) is 2.11. The number of hydrogen-bond acceptors (Lipinski definition) is 3. The molecular formula is C19H18N2O. The molecule has 3 rings (SSSR count). The number of pyridine rings is 1. The van der Waals surface area contributed by atoms with Crippen molar-refractivity contribution in [3.63, 3.8) is 0 Å². The second kappa shape index (κ2) is 7.27. The van der Waals surface area contributed by atoms with Gasteiger partial charge in [-0.25, -0.2) is 0 Å². The van der Waals surface area contributed by atoms with Gasteiger partial charge in [-0.2, -0.15) is 0 Å². The quantitative estimate of drug-likeness (QED) is 0.736. The summed E-state index contributed by atoms with van der Waals surface area (Å²) in [6.07, 6.45) is 3.57. The Bertz CT molecular complexity index is 619. The van der Waals surface area contributed by atoms with Crippen molar-refractivity contribution in [2.24, 2.45) is 0 Å². The van der Waals surface area contributed by atoms with Gasteiger partial charge < -0.3 is 10.1 Å². The first-order valence-electron chi connectivity index (χ1n) is 7.30. The Morgan fingerprint density at radius 3 is 2.18 bits per heavy atom. The zero-order chi connectivity index (χ0) is 15.0. The molecule has 0 aliphatic rings. The standard InChI is InChI=1S/C19H18N2O/c1-2-4-19(5-3-1)22-15-17-8-6-16(7-9-17)14-21-18-10-12-20-13-11-18/h1-13H,14-15H2,(H,20,21). The van der Waals surface area contributed by atoms with Crippen molar-refractivity contribution in [1.82, 2.24) is 4.98 Å². The van der Waals surface area contributed by atoms with E-state index in [-0.39, 0.29) is 0 Å². The van der Waals surface area contributed by atoms with Crippen LogP contribution in [0.4, 0.5) is 5.69 Å². The highest BCUT2D eigenvalue weighted by atomic mass is 16.5. The van der Waals surface area contributed by atoms with Crippen molar-refractivity contribution < 1.29 is 4.74 Å². The Balaban J connectivity index is 1.52. The van der Waals surface area contributed by atoms with Gasteiger partial charge in [0.15, 0.2) is 0 Å². The molecule has 22 heavy (non-hydrogen) atoms. The van der Waals surface area contributed by atoms with Crippen LogP contribution in [0.15, 0.2) is 79.1 Å². The summed E-state index contributed by atoms with van der Waals surface area (Å²) in [4.78, 5) is 4.00. The lowest BCUT2D eigenvalue weighted by Gasteiger charge is -2.08. The van der Waals surface area contributed by atoms with Crippen molar-refractivity contribution in [2.45, 2.75) is 13.2 Å². The van der Waals surface area contributed by atoms with Gasteiger partial charge in [0, 0.05) is 24.6 Å². The van der Waals surface area contributed by atoms with E-state index in [1.54, 1.807) is 12.4 Å². The van der Waals surface area contributed by atoms with Gasteiger partial charge in [0.1, 0.15) is 12.4 Å². The van der Waals surface area contributed by atoms with Crippen molar-refractivity contribution in [3.05, 3.63) is 90.3 Å². The van der Waals surface area contributed by atoms with Crippen LogP contribution in [0.25, 0.3) is 0 Å². The van der Waals surface area contributed by atoms with Crippen LogP contribution in [-0.2, 0) is 13.2 Å². The topological polar surface area (TPSA) is 34.1 Å². The highest BCUT2D eigenvalue weighted by Gasteiger charge is 1.97. The van der Waals surface area contributed by atoms with Gasteiger partial charge in [-0.05, 0) is 35.4 Å². The van der Waals surface area contributed by atoms with Gasteiger partial charge in [-0.1, -0.05) is 42.5 Å². The van der Waals surface area contributed by atoms with Gasteiger partial charge >= 0.3 is 0 Å². The summed E-state index contributed by atoms with van der Waals surface area (Å²) in [5.41, 5.74) is 3.48. The Morgan fingerprint density at radius 1 is 0.773 bits per heavy atom. The maximum absolute atomic E-state index is 5.74. The number of para-hydroxylation sites is 1. The van der Waals surface area contributed by atoms with Crippen LogP contribution in [0, 0.1) is 0 Å². The van der Waals surface area contributed by atoms with Crippen LogP contribution in [0.3, 0.4) is 0 Å². The SMILES string of the molecule is c1ccc(OCc2ccc(CNc3ccncc3)cc2)cc1. The molecular weight excluding hydrogens is 272 g/mol. The fourth-order valence-corrected chi connectivity index (χ4v) is 2.11. The smallest absolute Gasteiger partial charge is 0.119 e. The molecule has 0 saturated heterocycles. The third-order valence-corrected chi connectivity index (χ3v) is 3.35. The third kappa shape index (κ3) is 4.09. The zero-order valence-corrected chi connectivity index (χ0v) is 12.3. The second-order valence-corrected chi connectivity index (χ2v) is 5.01. The number of nitrogens with zero attached hydrogens (tertiary/aromatic N) is 1. The van der Waals surface area contributed by atoms with Crippen LogP contribution >= 0.6 is 0 Å². The highest BCUT2D eigenvalue weighted by molar-refractivity contribution is 5.41. The molecule has 0 aliphatic carbocycles. The van der Waals surface area contributed by atoms with Crippen molar-refractivity contribution in [3.8, 4) is 5.75 Å². The third-order valence-electron chi connectivity index (χ3n) is 3.35. The zero-order valence-electron chi connectivity index (χ0n) is 12.3. The van der Waals surface area contributed by atoms with E-state index in [1.807, 2.05) is 42.5 Å². The van der Waals surface area contributed by atoms with Crippen molar-refractivity contribution in [2.75, 3.05) is 5.32 Å². The molecule has 110 valence electrons. The number of rotatable bonds is 6. The lowest BCUT2D eigenvalue weighted by atomic mass is 10.1. The first kappa shape index (κ1) is 14.1.